The fraction of sp³-hybridized carbons (Fsp3) is 0.500. The lowest BCUT2D eigenvalue weighted by Gasteiger charge is -2.34. The van der Waals surface area contributed by atoms with Crippen LogP contribution in [-0.2, 0) is 11.3 Å². The smallest absolute Gasteiger partial charge is 0.129 e. The van der Waals surface area contributed by atoms with Crippen LogP contribution in [0.5, 0.6) is 0 Å². The van der Waals surface area contributed by atoms with Gasteiger partial charge in [0.05, 0.1) is 25.9 Å². The van der Waals surface area contributed by atoms with Gasteiger partial charge >= 0.3 is 0 Å². The highest BCUT2D eigenvalue weighted by atomic mass is 35.5. The van der Waals surface area contributed by atoms with Crippen LogP contribution in [0.1, 0.15) is 5.56 Å². The number of nitrogens with zero attached hydrogens (tertiary/aromatic N) is 1. The Kier molecular flexibility index (Phi) is 4.34. The molecule has 1 unspecified atom stereocenters. The van der Waals surface area contributed by atoms with Crippen LogP contribution in [0.3, 0.4) is 0 Å². The van der Waals surface area contributed by atoms with Crippen molar-refractivity contribution in [3.05, 3.63) is 34.6 Å². The molecule has 1 saturated heterocycles. The van der Waals surface area contributed by atoms with Gasteiger partial charge in [0.2, 0.25) is 0 Å². The second-order valence-electron chi connectivity index (χ2n) is 4.08. The van der Waals surface area contributed by atoms with E-state index in [1.54, 1.807) is 12.1 Å². The van der Waals surface area contributed by atoms with Gasteiger partial charge in [0.1, 0.15) is 5.82 Å². The number of hydrogen-bond donors (Lipinski definition) is 1. The number of hydrogen-bond acceptors (Lipinski definition) is 3. The van der Waals surface area contributed by atoms with Gasteiger partial charge in [0, 0.05) is 23.7 Å². The van der Waals surface area contributed by atoms with Crippen LogP contribution in [0.2, 0.25) is 5.02 Å². The van der Waals surface area contributed by atoms with Crippen LogP contribution in [0.4, 0.5) is 4.39 Å². The fourth-order valence-electron chi connectivity index (χ4n) is 1.95. The van der Waals surface area contributed by atoms with Gasteiger partial charge in [0.25, 0.3) is 0 Å². The van der Waals surface area contributed by atoms with Gasteiger partial charge in [-0.3, -0.25) is 4.90 Å². The van der Waals surface area contributed by atoms with E-state index in [9.17, 15) is 9.50 Å². The van der Waals surface area contributed by atoms with Crippen molar-refractivity contribution < 1.29 is 14.2 Å². The summed E-state index contributed by atoms with van der Waals surface area (Å²) >= 11 is 5.98. The molecule has 2 rings (SSSR count). The Morgan fingerprint density at radius 1 is 1.53 bits per heavy atom. The van der Waals surface area contributed by atoms with Gasteiger partial charge in [-0.2, -0.15) is 0 Å². The topological polar surface area (TPSA) is 32.7 Å². The molecule has 1 fully saturated rings. The highest BCUT2D eigenvalue weighted by Gasteiger charge is 2.23. The van der Waals surface area contributed by atoms with Crippen molar-refractivity contribution in [1.82, 2.24) is 4.90 Å². The number of benzene rings is 1. The monoisotopic (exact) mass is 259 g/mol. The normalized spacial score (nSPS) is 21.7. The molecule has 94 valence electrons. The van der Waals surface area contributed by atoms with Gasteiger partial charge in [-0.05, 0) is 12.1 Å². The number of morpholine rings is 1. The van der Waals surface area contributed by atoms with Crippen LogP contribution in [0.25, 0.3) is 0 Å². The number of rotatable bonds is 3. The van der Waals surface area contributed by atoms with Crippen molar-refractivity contribution in [3.63, 3.8) is 0 Å². The molecule has 0 bridgehead atoms. The Hall–Kier alpha value is -0.680. The maximum Gasteiger partial charge on any atom is 0.129 e. The minimum absolute atomic E-state index is 0.00602. The van der Waals surface area contributed by atoms with Gasteiger partial charge in [-0.15, -0.1) is 0 Å². The molecule has 17 heavy (non-hydrogen) atoms. The molecule has 1 aliphatic rings. The van der Waals surface area contributed by atoms with Gasteiger partial charge < -0.3 is 9.84 Å². The molecule has 1 N–H and O–H groups in total. The van der Waals surface area contributed by atoms with Crippen molar-refractivity contribution in [2.45, 2.75) is 12.6 Å². The number of aliphatic hydroxyl groups excluding tert-OH is 1. The summed E-state index contributed by atoms with van der Waals surface area (Å²) in [4.78, 5) is 1.99. The summed E-state index contributed by atoms with van der Waals surface area (Å²) < 4.78 is 18.9. The largest absolute Gasteiger partial charge is 0.395 e. The lowest BCUT2D eigenvalue weighted by molar-refractivity contribution is -0.0316. The molecule has 1 aliphatic heterocycles. The summed E-state index contributed by atoms with van der Waals surface area (Å²) in [6.45, 7) is 2.16. The van der Waals surface area contributed by atoms with Gasteiger partial charge in [-0.1, -0.05) is 17.7 Å². The average molecular weight is 260 g/mol. The van der Waals surface area contributed by atoms with Crippen LogP contribution >= 0.6 is 11.6 Å². The van der Waals surface area contributed by atoms with Crippen LogP contribution < -0.4 is 0 Å². The number of aliphatic hydroxyl groups is 1. The van der Waals surface area contributed by atoms with E-state index in [0.717, 1.165) is 0 Å². The molecule has 0 aliphatic carbocycles. The zero-order chi connectivity index (χ0) is 12.3. The lowest BCUT2D eigenvalue weighted by Crippen LogP contribution is -2.47. The third-order valence-electron chi connectivity index (χ3n) is 2.98. The first-order valence-corrected chi connectivity index (χ1v) is 5.95. The lowest BCUT2D eigenvalue weighted by atomic mass is 10.1. The molecule has 5 heteroatoms. The molecule has 0 spiro atoms. The van der Waals surface area contributed by atoms with Crippen molar-refractivity contribution in [3.8, 4) is 0 Å². The molecule has 0 aromatic heterocycles. The summed E-state index contributed by atoms with van der Waals surface area (Å²) in [5.41, 5.74) is 0.481. The highest BCUT2D eigenvalue weighted by molar-refractivity contribution is 6.31. The first-order chi connectivity index (χ1) is 8.22. The second-order valence-corrected chi connectivity index (χ2v) is 4.49. The average Bonchev–Trinajstić information content (AvgIpc) is 2.34. The van der Waals surface area contributed by atoms with E-state index >= 15 is 0 Å². The summed E-state index contributed by atoms with van der Waals surface area (Å²) in [6.07, 6.45) is 0. The van der Waals surface area contributed by atoms with E-state index in [2.05, 4.69) is 0 Å². The van der Waals surface area contributed by atoms with E-state index in [1.807, 2.05) is 4.90 Å². The second kappa shape index (κ2) is 5.78. The maximum atomic E-state index is 13.6. The summed E-state index contributed by atoms with van der Waals surface area (Å²) in [5, 5.41) is 9.65. The predicted octanol–water partition coefficient (Wildman–Crippen LogP) is 1.67. The fourth-order valence-corrected chi connectivity index (χ4v) is 2.17. The number of ether oxygens (including phenoxy) is 1. The standard InChI is InChI=1S/C12H15ClFNO2/c13-11-2-1-3-12(14)10(11)6-15-4-5-17-8-9(15)7-16/h1-3,9,16H,4-8H2. The number of halogens is 2. The van der Waals surface area contributed by atoms with E-state index < -0.39 is 0 Å². The Bertz CT molecular complexity index is 369. The first-order valence-electron chi connectivity index (χ1n) is 5.58. The van der Waals surface area contributed by atoms with E-state index in [-0.39, 0.29) is 18.5 Å². The van der Waals surface area contributed by atoms with Gasteiger partial charge in [0.15, 0.2) is 0 Å². The SMILES string of the molecule is OCC1COCCN1Cc1c(F)cccc1Cl. The molecule has 0 saturated carbocycles. The zero-order valence-electron chi connectivity index (χ0n) is 9.40. The Morgan fingerprint density at radius 3 is 3.06 bits per heavy atom. The van der Waals surface area contributed by atoms with E-state index in [1.165, 1.54) is 6.07 Å². The molecule has 0 amide bonds. The quantitative estimate of drug-likeness (QED) is 0.896. The molecule has 1 aromatic rings. The molecule has 1 heterocycles. The minimum Gasteiger partial charge on any atom is -0.395 e. The van der Waals surface area contributed by atoms with Crippen molar-refractivity contribution in [1.29, 1.82) is 0 Å². The summed E-state index contributed by atoms with van der Waals surface area (Å²) in [7, 11) is 0. The van der Waals surface area contributed by atoms with Gasteiger partial charge in [-0.25, -0.2) is 4.39 Å². The van der Waals surface area contributed by atoms with E-state index in [0.29, 0.717) is 36.9 Å². The Balaban J connectivity index is 2.13. The van der Waals surface area contributed by atoms with Crippen LogP contribution in [-0.4, -0.2) is 42.4 Å². The first kappa shape index (κ1) is 12.8. The maximum absolute atomic E-state index is 13.6. The third kappa shape index (κ3) is 2.96. The summed E-state index contributed by atoms with van der Waals surface area (Å²) in [6, 6.07) is 4.58. The van der Waals surface area contributed by atoms with Crippen LogP contribution in [0.15, 0.2) is 18.2 Å². The molecular weight excluding hydrogens is 245 g/mol. The highest BCUT2D eigenvalue weighted by Crippen LogP contribution is 2.22. The predicted molar refractivity (Wildman–Crippen MR) is 63.5 cm³/mol. The van der Waals surface area contributed by atoms with E-state index in [4.69, 9.17) is 16.3 Å². The summed E-state index contributed by atoms with van der Waals surface area (Å²) in [5.74, 6) is -0.305. The molecule has 3 nitrogen and oxygen atoms in total. The third-order valence-corrected chi connectivity index (χ3v) is 3.34. The van der Waals surface area contributed by atoms with Crippen molar-refractivity contribution in [2.75, 3.05) is 26.4 Å². The molecule has 1 atom stereocenters. The van der Waals surface area contributed by atoms with Crippen LogP contribution in [0, 0.1) is 5.82 Å². The van der Waals surface area contributed by atoms with Crippen molar-refractivity contribution in [2.24, 2.45) is 0 Å². The molecule has 1 aromatic carbocycles. The minimum atomic E-state index is -0.305. The zero-order valence-corrected chi connectivity index (χ0v) is 10.2. The Morgan fingerprint density at radius 2 is 2.35 bits per heavy atom. The molecular formula is C12H15ClFNO2. The molecule has 0 radical (unpaired) electrons. The Labute approximate surface area is 105 Å². The van der Waals surface area contributed by atoms with Crippen molar-refractivity contribution >= 4 is 11.6 Å².